The highest BCUT2D eigenvalue weighted by atomic mass is 16.3. The van der Waals surface area contributed by atoms with E-state index in [9.17, 15) is 9.90 Å². The minimum atomic E-state index is -0.507. The Kier molecular flexibility index (Phi) is 3.10. The first-order chi connectivity index (χ1) is 7.65. The van der Waals surface area contributed by atoms with Crippen LogP contribution >= 0.6 is 0 Å². The molecule has 4 nitrogen and oxygen atoms in total. The van der Waals surface area contributed by atoms with Gasteiger partial charge in [0.15, 0.2) is 0 Å². The first-order valence-electron chi connectivity index (χ1n) is 5.39. The van der Waals surface area contributed by atoms with Gasteiger partial charge in [-0.3, -0.25) is 4.79 Å². The summed E-state index contributed by atoms with van der Waals surface area (Å²) in [6.45, 7) is 1.07. The molecule has 1 atom stereocenters. The average Bonchev–Trinajstić information content (AvgIpc) is 2.57. The standard InChI is InChI=1S/C12H15NO3/c14-10-3-1-9(2-4-10)5-6-13-8-11(15)7-12(13)16/h1-4,11,14-15H,5-8H2. The van der Waals surface area contributed by atoms with Crippen molar-refractivity contribution in [2.75, 3.05) is 13.1 Å². The summed E-state index contributed by atoms with van der Waals surface area (Å²) in [6, 6.07) is 6.95. The van der Waals surface area contributed by atoms with E-state index in [4.69, 9.17) is 5.11 Å². The number of phenols is 1. The van der Waals surface area contributed by atoms with E-state index in [1.54, 1.807) is 17.0 Å². The fourth-order valence-corrected chi connectivity index (χ4v) is 1.89. The summed E-state index contributed by atoms with van der Waals surface area (Å²) in [4.78, 5) is 13.1. The van der Waals surface area contributed by atoms with Crippen LogP contribution in [0.5, 0.6) is 5.75 Å². The van der Waals surface area contributed by atoms with Gasteiger partial charge in [0.2, 0.25) is 5.91 Å². The number of hydrogen-bond donors (Lipinski definition) is 2. The summed E-state index contributed by atoms with van der Waals surface area (Å²) in [5, 5.41) is 18.4. The molecule has 1 unspecified atom stereocenters. The van der Waals surface area contributed by atoms with Crippen molar-refractivity contribution in [1.82, 2.24) is 4.90 Å². The molecule has 1 aromatic rings. The molecule has 0 bridgehead atoms. The van der Waals surface area contributed by atoms with Crippen LogP contribution in [0.3, 0.4) is 0 Å². The minimum Gasteiger partial charge on any atom is -0.508 e. The van der Waals surface area contributed by atoms with Gasteiger partial charge >= 0.3 is 0 Å². The van der Waals surface area contributed by atoms with Crippen LogP contribution in [0.15, 0.2) is 24.3 Å². The van der Waals surface area contributed by atoms with Gasteiger partial charge in [-0.25, -0.2) is 0 Å². The van der Waals surface area contributed by atoms with Crippen molar-refractivity contribution in [1.29, 1.82) is 0 Å². The highest BCUT2D eigenvalue weighted by Crippen LogP contribution is 2.13. The van der Waals surface area contributed by atoms with Gasteiger partial charge in [0.1, 0.15) is 5.75 Å². The molecule has 1 aliphatic rings. The van der Waals surface area contributed by atoms with Crippen LogP contribution in [0.4, 0.5) is 0 Å². The second-order valence-corrected chi connectivity index (χ2v) is 4.11. The van der Waals surface area contributed by atoms with Gasteiger partial charge in [-0.15, -0.1) is 0 Å². The number of aliphatic hydroxyl groups is 1. The van der Waals surface area contributed by atoms with Crippen molar-refractivity contribution in [3.63, 3.8) is 0 Å². The van der Waals surface area contributed by atoms with E-state index in [-0.39, 0.29) is 18.1 Å². The zero-order valence-corrected chi connectivity index (χ0v) is 8.97. The summed E-state index contributed by atoms with van der Waals surface area (Å²) in [7, 11) is 0. The number of hydrogen-bond acceptors (Lipinski definition) is 3. The predicted octanol–water partition coefficient (Wildman–Crippen LogP) is 0.528. The van der Waals surface area contributed by atoms with E-state index in [0.29, 0.717) is 13.1 Å². The van der Waals surface area contributed by atoms with Crippen molar-refractivity contribution < 1.29 is 15.0 Å². The zero-order chi connectivity index (χ0) is 11.5. The number of aromatic hydroxyl groups is 1. The Morgan fingerprint density at radius 3 is 2.56 bits per heavy atom. The summed E-state index contributed by atoms with van der Waals surface area (Å²) in [5.74, 6) is 0.266. The highest BCUT2D eigenvalue weighted by molar-refractivity contribution is 5.79. The van der Waals surface area contributed by atoms with E-state index in [1.807, 2.05) is 12.1 Å². The number of rotatable bonds is 3. The quantitative estimate of drug-likeness (QED) is 0.782. The number of likely N-dealkylation sites (tertiary alicyclic amines) is 1. The third kappa shape index (κ3) is 2.52. The fourth-order valence-electron chi connectivity index (χ4n) is 1.89. The van der Waals surface area contributed by atoms with Gasteiger partial charge in [0, 0.05) is 13.1 Å². The van der Waals surface area contributed by atoms with Crippen LogP contribution in [0, 0.1) is 0 Å². The third-order valence-corrected chi connectivity index (χ3v) is 2.80. The molecule has 0 saturated carbocycles. The molecule has 2 rings (SSSR count). The van der Waals surface area contributed by atoms with Crippen molar-refractivity contribution in [3.8, 4) is 5.75 Å². The lowest BCUT2D eigenvalue weighted by Gasteiger charge is -2.15. The summed E-state index contributed by atoms with van der Waals surface area (Å²) in [5.41, 5.74) is 1.08. The lowest BCUT2D eigenvalue weighted by atomic mass is 10.1. The molecule has 1 amide bonds. The van der Waals surface area contributed by atoms with Crippen molar-refractivity contribution >= 4 is 5.91 Å². The van der Waals surface area contributed by atoms with Crippen LogP contribution < -0.4 is 0 Å². The number of carbonyl (C=O) groups is 1. The minimum absolute atomic E-state index is 0.0197. The number of nitrogens with zero attached hydrogens (tertiary/aromatic N) is 1. The molecule has 1 heterocycles. The molecule has 1 fully saturated rings. The molecular weight excluding hydrogens is 206 g/mol. The maximum absolute atomic E-state index is 11.4. The topological polar surface area (TPSA) is 60.8 Å². The van der Waals surface area contributed by atoms with Gasteiger partial charge in [-0.1, -0.05) is 12.1 Å². The van der Waals surface area contributed by atoms with Gasteiger partial charge < -0.3 is 15.1 Å². The SMILES string of the molecule is O=C1CC(O)CN1CCc1ccc(O)cc1. The molecule has 4 heteroatoms. The van der Waals surface area contributed by atoms with Crippen molar-refractivity contribution in [2.45, 2.75) is 18.9 Å². The van der Waals surface area contributed by atoms with E-state index in [0.717, 1.165) is 12.0 Å². The molecule has 2 N–H and O–H groups in total. The summed E-state index contributed by atoms with van der Waals surface area (Å²) in [6.07, 6.45) is 0.487. The molecule has 1 aromatic carbocycles. The van der Waals surface area contributed by atoms with E-state index in [2.05, 4.69) is 0 Å². The molecule has 16 heavy (non-hydrogen) atoms. The molecule has 1 saturated heterocycles. The second-order valence-electron chi connectivity index (χ2n) is 4.11. The number of amides is 1. The Morgan fingerprint density at radius 1 is 1.31 bits per heavy atom. The Balaban J connectivity index is 1.88. The Morgan fingerprint density at radius 2 is 2.00 bits per heavy atom. The molecule has 0 radical (unpaired) electrons. The van der Waals surface area contributed by atoms with E-state index >= 15 is 0 Å². The number of carbonyl (C=O) groups excluding carboxylic acids is 1. The van der Waals surface area contributed by atoms with E-state index < -0.39 is 6.10 Å². The maximum atomic E-state index is 11.4. The fraction of sp³-hybridized carbons (Fsp3) is 0.417. The lowest BCUT2D eigenvalue weighted by molar-refractivity contribution is -0.127. The lowest BCUT2D eigenvalue weighted by Crippen LogP contribution is -2.28. The smallest absolute Gasteiger partial charge is 0.225 e. The monoisotopic (exact) mass is 221 g/mol. The van der Waals surface area contributed by atoms with Gasteiger partial charge in [-0.05, 0) is 24.1 Å². The predicted molar refractivity (Wildman–Crippen MR) is 59.0 cm³/mol. The molecule has 0 spiro atoms. The normalized spacial score (nSPS) is 20.4. The summed E-state index contributed by atoms with van der Waals surface area (Å²) < 4.78 is 0. The van der Waals surface area contributed by atoms with Crippen LogP contribution in [-0.4, -0.2) is 40.2 Å². The number of benzene rings is 1. The first kappa shape index (κ1) is 11.0. The Hall–Kier alpha value is -1.55. The number of aliphatic hydroxyl groups excluding tert-OH is 1. The second kappa shape index (κ2) is 4.53. The number of β-amino-alcohol motifs (C(OH)–C–C–N with tert-alkyl or cyclic N) is 1. The first-order valence-corrected chi connectivity index (χ1v) is 5.39. The van der Waals surface area contributed by atoms with Gasteiger partial charge in [0.25, 0.3) is 0 Å². The van der Waals surface area contributed by atoms with Crippen molar-refractivity contribution in [3.05, 3.63) is 29.8 Å². The molecule has 86 valence electrons. The molecule has 0 aliphatic carbocycles. The average molecular weight is 221 g/mol. The molecule has 0 aromatic heterocycles. The highest BCUT2D eigenvalue weighted by Gasteiger charge is 2.27. The zero-order valence-electron chi connectivity index (χ0n) is 8.97. The van der Waals surface area contributed by atoms with Crippen LogP contribution in [0.1, 0.15) is 12.0 Å². The van der Waals surface area contributed by atoms with Gasteiger partial charge in [-0.2, -0.15) is 0 Å². The Labute approximate surface area is 94.1 Å². The van der Waals surface area contributed by atoms with Crippen molar-refractivity contribution in [2.24, 2.45) is 0 Å². The maximum Gasteiger partial charge on any atom is 0.225 e. The third-order valence-electron chi connectivity index (χ3n) is 2.80. The van der Waals surface area contributed by atoms with E-state index in [1.165, 1.54) is 0 Å². The molecule has 1 aliphatic heterocycles. The molecular formula is C12H15NO3. The van der Waals surface area contributed by atoms with Crippen LogP contribution in [0.2, 0.25) is 0 Å². The Bertz CT molecular complexity index is 374. The van der Waals surface area contributed by atoms with Crippen LogP contribution in [0.25, 0.3) is 0 Å². The van der Waals surface area contributed by atoms with Gasteiger partial charge in [0.05, 0.1) is 12.5 Å². The largest absolute Gasteiger partial charge is 0.508 e. The number of phenolic OH excluding ortho intramolecular Hbond substituents is 1. The van der Waals surface area contributed by atoms with Crippen LogP contribution in [-0.2, 0) is 11.2 Å². The summed E-state index contributed by atoms with van der Waals surface area (Å²) >= 11 is 0.